The molecule has 0 radical (unpaired) electrons. The van der Waals surface area contributed by atoms with Gasteiger partial charge in [0.2, 0.25) is 11.8 Å². The number of nitrogens with zero attached hydrogens (tertiary/aromatic N) is 2. The molecule has 2 fully saturated rings. The lowest BCUT2D eigenvalue weighted by molar-refractivity contribution is -0.142. The molecule has 1 atom stereocenters. The van der Waals surface area contributed by atoms with Crippen LogP contribution >= 0.6 is 0 Å². The van der Waals surface area contributed by atoms with Gasteiger partial charge in [0.1, 0.15) is 5.75 Å². The highest BCUT2D eigenvalue weighted by Crippen LogP contribution is 2.37. The Morgan fingerprint density at radius 2 is 1.76 bits per heavy atom. The van der Waals surface area contributed by atoms with E-state index in [1.165, 1.54) is 12.8 Å². The number of benzene rings is 1. The summed E-state index contributed by atoms with van der Waals surface area (Å²) in [6, 6.07) is 7.82. The normalized spacial score (nSPS) is 18.8. The van der Waals surface area contributed by atoms with E-state index in [-0.39, 0.29) is 17.7 Å². The Balaban J connectivity index is 1.46. The van der Waals surface area contributed by atoms with Gasteiger partial charge in [-0.3, -0.25) is 9.59 Å². The van der Waals surface area contributed by atoms with Crippen molar-refractivity contribution in [1.82, 2.24) is 9.80 Å². The van der Waals surface area contributed by atoms with Gasteiger partial charge in [0.25, 0.3) is 0 Å². The molecule has 5 heteroatoms. The molecule has 2 aliphatic rings. The van der Waals surface area contributed by atoms with Crippen LogP contribution < -0.4 is 4.74 Å². The third-order valence-corrected chi connectivity index (χ3v) is 5.46. The number of hydrogen-bond donors (Lipinski definition) is 0. The summed E-state index contributed by atoms with van der Waals surface area (Å²) in [6.45, 7) is 4.67. The summed E-state index contributed by atoms with van der Waals surface area (Å²) in [5.74, 6) is 2.00. The fourth-order valence-corrected chi connectivity index (χ4v) is 3.57. The van der Waals surface area contributed by atoms with Gasteiger partial charge in [0, 0.05) is 38.5 Å². The summed E-state index contributed by atoms with van der Waals surface area (Å²) in [5.41, 5.74) is 1.06. The van der Waals surface area contributed by atoms with Crippen LogP contribution in [0.3, 0.4) is 0 Å². The van der Waals surface area contributed by atoms with Gasteiger partial charge in [0.15, 0.2) is 0 Å². The van der Waals surface area contributed by atoms with Crippen molar-refractivity contribution < 1.29 is 14.3 Å². The molecular formula is C20H28N2O3. The maximum atomic E-state index is 12.5. The first-order valence-corrected chi connectivity index (χ1v) is 9.28. The van der Waals surface area contributed by atoms with Gasteiger partial charge in [-0.1, -0.05) is 25.1 Å². The number of ether oxygens (including phenoxy) is 1. The van der Waals surface area contributed by atoms with E-state index < -0.39 is 0 Å². The summed E-state index contributed by atoms with van der Waals surface area (Å²) in [7, 11) is 1.65. The van der Waals surface area contributed by atoms with E-state index >= 15 is 0 Å². The first-order chi connectivity index (χ1) is 12.1. The average molecular weight is 344 g/mol. The van der Waals surface area contributed by atoms with E-state index in [1.807, 2.05) is 41.0 Å². The molecule has 0 bridgehead atoms. The Kier molecular flexibility index (Phi) is 5.61. The lowest BCUT2D eigenvalue weighted by atomic mass is 10.0. The number of amides is 2. The Hall–Kier alpha value is -2.04. The number of hydrogen-bond acceptors (Lipinski definition) is 3. The van der Waals surface area contributed by atoms with Crippen LogP contribution in [0.2, 0.25) is 0 Å². The number of carbonyl (C=O) groups excluding carboxylic acids is 2. The largest absolute Gasteiger partial charge is 0.496 e. The van der Waals surface area contributed by atoms with Gasteiger partial charge in [0.05, 0.1) is 7.11 Å². The number of para-hydroxylation sites is 1. The van der Waals surface area contributed by atoms with Crippen LogP contribution in [-0.2, 0) is 16.0 Å². The Morgan fingerprint density at radius 1 is 1.12 bits per heavy atom. The van der Waals surface area contributed by atoms with Gasteiger partial charge in [-0.25, -0.2) is 0 Å². The molecule has 0 aromatic heterocycles. The molecule has 1 aromatic rings. The van der Waals surface area contributed by atoms with Gasteiger partial charge in [-0.15, -0.1) is 0 Å². The topological polar surface area (TPSA) is 49.9 Å². The molecule has 2 amide bonds. The fraction of sp³-hybridized carbons (Fsp3) is 0.600. The highest BCUT2D eigenvalue weighted by atomic mass is 16.5. The van der Waals surface area contributed by atoms with E-state index in [0.29, 0.717) is 44.9 Å². The molecule has 0 N–H and O–H groups in total. The van der Waals surface area contributed by atoms with Gasteiger partial charge >= 0.3 is 0 Å². The minimum absolute atomic E-state index is 0.146. The lowest BCUT2D eigenvalue weighted by Crippen LogP contribution is -2.52. The summed E-state index contributed by atoms with van der Waals surface area (Å²) in [6.07, 6.45) is 3.54. The van der Waals surface area contributed by atoms with E-state index in [2.05, 4.69) is 0 Å². The van der Waals surface area contributed by atoms with E-state index in [9.17, 15) is 9.59 Å². The van der Waals surface area contributed by atoms with Crippen molar-refractivity contribution in [3.63, 3.8) is 0 Å². The summed E-state index contributed by atoms with van der Waals surface area (Å²) < 4.78 is 5.34. The zero-order chi connectivity index (χ0) is 17.8. The zero-order valence-corrected chi connectivity index (χ0v) is 15.2. The van der Waals surface area contributed by atoms with Crippen molar-refractivity contribution in [2.45, 2.75) is 32.6 Å². The van der Waals surface area contributed by atoms with Crippen molar-refractivity contribution in [2.24, 2.45) is 11.8 Å². The SMILES string of the molecule is COc1ccccc1CCC(=O)N1CCN(C(=O)C(C)C2CC2)CC1. The van der Waals surface area contributed by atoms with Crippen LogP contribution in [0.5, 0.6) is 5.75 Å². The summed E-state index contributed by atoms with van der Waals surface area (Å²) in [5, 5.41) is 0. The minimum Gasteiger partial charge on any atom is -0.496 e. The molecule has 3 rings (SSSR count). The average Bonchev–Trinajstić information content (AvgIpc) is 3.50. The van der Waals surface area contributed by atoms with Crippen molar-refractivity contribution in [1.29, 1.82) is 0 Å². The van der Waals surface area contributed by atoms with Crippen LogP contribution in [0.1, 0.15) is 31.7 Å². The molecule has 1 saturated heterocycles. The van der Waals surface area contributed by atoms with Crippen LogP contribution in [0.25, 0.3) is 0 Å². The summed E-state index contributed by atoms with van der Waals surface area (Å²) in [4.78, 5) is 28.8. The number of methoxy groups -OCH3 is 1. The maximum absolute atomic E-state index is 12.5. The number of piperazine rings is 1. The highest BCUT2D eigenvalue weighted by Gasteiger charge is 2.36. The van der Waals surface area contributed by atoms with Crippen molar-refractivity contribution in [3.05, 3.63) is 29.8 Å². The molecule has 25 heavy (non-hydrogen) atoms. The van der Waals surface area contributed by atoms with Crippen molar-refractivity contribution in [2.75, 3.05) is 33.3 Å². The molecule has 1 aliphatic carbocycles. The van der Waals surface area contributed by atoms with Crippen LogP contribution in [0.4, 0.5) is 0 Å². The smallest absolute Gasteiger partial charge is 0.225 e. The molecule has 0 spiro atoms. The minimum atomic E-state index is 0.146. The Morgan fingerprint density at radius 3 is 2.40 bits per heavy atom. The van der Waals surface area contributed by atoms with Crippen LogP contribution in [-0.4, -0.2) is 54.9 Å². The van der Waals surface area contributed by atoms with Crippen molar-refractivity contribution >= 4 is 11.8 Å². The second-order valence-corrected chi connectivity index (χ2v) is 7.14. The quantitative estimate of drug-likeness (QED) is 0.796. The van der Waals surface area contributed by atoms with Gasteiger partial charge in [-0.2, -0.15) is 0 Å². The predicted octanol–water partition coefficient (Wildman–Crippen LogP) is 2.34. The maximum Gasteiger partial charge on any atom is 0.225 e. The molecular weight excluding hydrogens is 316 g/mol. The van der Waals surface area contributed by atoms with E-state index in [0.717, 1.165) is 11.3 Å². The Bertz CT molecular complexity index is 619. The van der Waals surface area contributed by atoms with Gasteiger partial charge in [-0.05, 0) is 36.8 Å². The molecule has 1 saturated carbocycles. The third kappa shape index (κ3) is 4.33. The fourth-order valence-electron chi connectivity index (χ4n) is 3.57. The molecule has 1 aromatic carbocycles. The molecule has 1 aliphatic heterocycles. The van der Waals surface area contributed by atoms with Gasteiger partial charge < -0.3 is 14.5 Å². The first kappa shape index (κ1) is 17.8. The number of rotatable bonds is 6. The summed E-state index contributed by atoms with van der Waals surface area (Å²) >= 11 is 0. The second-order valence-electron chi connectivity index (χ2n) is 7.14. The molecule has 136 valence electrons. The number of aryl methyl sites for hydroxylation is 1. The number of carbonyl (C=O) groups is 2. The molecule has 5 nitrogen and oxygen atoms in total. The van der Waals surface area contributed by atoms with Crippen LogP contribution in [0, 0.1) is 11.8 Å². The van der Waals surface area contributed by atoms with E-state index in [4.69, 9.17) is 4.74 Å². The van der Waals surface area contributed by atoms with E-state index in [1.54, 1.807) is 7.11 Å². The first-order valence-electron chi connectivity index (χ1n) is 9.28. The van der Waals surface area contributed by atoms with Crippen molar-refractivity contribution in [3.8, 4) is 5.75 Å². The molecule has 1 unspecified atom stereocenters. The lowest BCUT2D eigenvalue weighted by Gasteiger charge is -2.36. The molecule has 1 heterocycles. The predicted molar refractivity (Wildman–Crippen MR) is 96.4 cm³/mol. The Labute approximate surface area is 149 Å². The highest BCUT2D eigenvalue weighted by molar-refractivity contribution is 5.80. The second kappa shape index (κ2) is 7.89. The standard InChI is InChI=1S/C20H28N2O3/c1-15(16-7-8-16)20(24)22-13-11-21(12-14-22)19(23)10-9-17-5-3-4-6-18(17)25-2/h3-6,15-16H,7-14H2,1-2H3. The monoisotopic (exact) mass is 344 g/mol. The zero-order valence-electron chi connectivity index (χ0n) is 15.2. The third-order valence-electron chi connectivity index (χ3n) is 5.46. The van der Waals surface area contributed by atoms with Crippen LogP contribution in [0.15, 0.2) is 24.3 Å².